The zero-order valence-electron chi connectivity index (χ0n) is 11.4. The van der Waals surface area contributed by atoms with Gasteiger partial charge in [0.2, 0.25) is 0 Å². The normalized spacial score (nSPS) is 20.7. The summed E-state index contributed by atoms with van der Waals surface area (Å²) in [7, 11) is 0. The lowest BCUT2D eigenvalue weighted by atomic mass is 9.89. The van der Waals surface area contributed by atoms with Crippen LogP contribution < -0.4 is 5.32 Å². The minimum Gasteiger partial charge on any atom is -0.314 e. The fraction of sp³-hybridized carbons (Fsp3) is 1.00. The zero-order valence-corrected chi connectivity index (χ0v) is 11.4. The predicted octanol–water partition coefficient (Wildman–Crippen LogP) is 4.67. The van der Waals surface area contributed by atoms with Crippen molar-refractivity contribution in [3.63, 3.8) is 0 Å². The molecule has 0 saturated heterocycles. The van der Waals surface area contributed by atoms with Crippen LogP contribution in [0.15, 0.2) is 0 Å². The van der Waals surface area contributed by atoms with E-state index in [4.69, 9.17) is 0 Å². The van der Waals surface area contributed by atoms with Gasteiger partial charge in [0.05, 0.1) is 0 Å². The van der Waals surface area contributed by atoms with Crippen molar-refractivity contribution in [1.82, 2.24) is 5.32 Å². The number of hydrogen-bond donors (Lipinski definition) is 1. The molecule has 0 radical (unpaired) electrons. The van der Waals surface area contributed by atoms with Crippen LogP contribution in [0, 0.1) is 5.92 Å². The molecule has 0 heterocycles. The fourth-order valence-corrected chi connectivity index (χ4v) is 2.87. The first-order chi connectivity index (χ1) is 8.53. The van der Waals surface area contributed by atoms with Gasteiger partial charge in [-0.25, -0.2) is 0 Å². The second-order valence-corrected chi connectivity index (χ2v) is 5.47. The number of hydrogen-bond acceptors (Lipinski definition) is 1. The van der Waals surface area contributed by atoms with Crippen molar-refractivity contribution in [3.8, 4) is 0 Å². The summed E-state index contributed by atoms with van der Waals surface area (Å²) in [6, 6.07) is 0.0599. The standard InChI is InChI=1S/C14H26F3N/c1-2-11-18-13(9-10-14(15,16)17)12-7-5-3-4-6-8-12/h12-13,18H,2-11H2,1H3. The summed E-state index contributed by atoms with van der Waals surface area (Å²) < 4.78 is 37.1. The van der Waals surface area contributed by atoms with Crippen molar-refractivity contribution in [2.45, 2.75) is 76.9 Å². The molecule has 1 aliphatic carbocycles. The van der Waals surface area contributed by atoms with E-state index in [0.717, 1.165) is 25.8 Å². The van der Waals surface area contributed by atoms with Crippen LogP contribution in [0.4, 0.5) is 13.2 Å². The van der Waals surface area contributed by atoms with E-state index in [2.05, 4.69) is 12.2 Å². The largest absolute Gasteiger partial charge is 0.389 e. The lowest BCUT2D eigenvalue weighted by molar-refractivity contribution is -0.137. The monoisotopic (exact) mass is 265 g/mol. The third-order valence-corrected chi connectivity index (χ3v) is 3.86. The fourth-order valence-electron chi connectivity index (χ4n) is 2.87. The average Bonchev–Trinajstić information content (AvgIpc) is 2.56. The van der Waals surface area contributed by atoms with Gasteiger partial charge in [0.1, 0.15) is 0 Å². The second kappa shape index (κ2) is 8.03. The lowest BCUT2D eigenvalue weighted by Gasteiger charge is -2.27. The molecule has 0 aromatic carbocycles. The minimum absolute atomic E-state index is 0.0599. The first-order valence-electron chi connectivity index (χ1n) is 7.33. The SMILES string of the molecule is CCCNC(CCC(F)(F)F)C1CCCCCC1. The van der Waals surface area contributed by atoms with Gasteiger partial charge in [0.25, 0.3) is 0 Å². The molecule has 0 spiro atoms. The molecule has 18 heavy (non-hydrogen) atoms. The number of alkyl halides is 3. The zero-order chi connectivity index (χ0) is 13.4. The van der Waals surface area contributed by atoms with Crippen LogP contribution in [0.25, 0.3) is 0 Å². The van der Waals surface area contributed by atoms with Crippen molar-refractivity contribution in [2.24, 2.45) is 5.92 Å². The van der Waals surface area contributed by atoms with Crippen molar-refractivity contribution in [1.29, 1.82) is 0 Å². The smallest absolute Gasteiger partial charge is 0.314 e. The highest BCUT2D eigenvalue weighted by Gasteiger charge is 2.30. The topological polar surface area (TPSA) is 12.0 Å². The van der Waals surface area contributed by atoms with Crippen LogP contribution in [-0.2, 0) is 0 Å². The molecule has 4 heteroatoms. The minimum atomic E-state index is -4.02. The van der Waals surface area contributed by atoms with Crippen LogP contribution in [0.2, 0.25) is 0 Å². The molecular weight excluding hydrogens is 239 g/mol. The van der Waals surface area contributed by atoms with Crippen LogP contribution in [0.5, 0.6) is 0 Å². The molecule has 1 rings (SSSR count). The maximum Gasteiger partial charge on any atom is 0.389 e. The number of rotatable bonds is 6. The summed E-state index contributed by atoms with van der Waals surface area (Å²) >= 11 is 0. The van der Waals surface area contributed by atoms with Crippen LogP contribution in [0.3, 0.4) is 0 Å². The maximum atomic E-state index is 12.4. The molecule has 1 N–H and O–H groups in total. The van der Waals surface area contributed by atoms with Gasteiger partial charge in [-0.3, -0.25) is 0 Å². The van der Waals surface area contributed by atoms with E-state index in [-0.39, 0.29) is 12.5 Å². The van der Waals surface area contributed by atoms with E-state index >= 15 is 0 Å². The van der Waals surface area contributed by atoms with E-state index in [1.807, 2.05) is 0 Å². The Morgan fingerprint density at radius 1 is 1.11 bits per heavy atom. The summed E-state index contributed by atoms with van der Waals surface area (Å²) in [6.07, 6.45) is 3.61. The Balaban J connectivity index is 2.46. The van der Waals surface area contributed by atoms with E-state index < -0.39 is 12.6 Å². The van der Waals surface area contributed by atoms with Crippen LogP contribution in [-0.4, -0.2) is 18.8 Å². The van der Waals surface area contributed by atoms with Gasteiger partial charge < -0.3 is 5.32 Å². The van der Waals surface area contributed by atoms with Gasteiger partial charge in [-0.05, 0) is 38.1 Å². The van der Waals surface area contributed by atoms with Gasteiger partial charge in [0.15, 0.2) is 0 Å². The first-order valence-corrected chi connectivity index (χ1v) is 7.33. The Kier molecular flexibility index (Phi) is 7.05. The van der Waals surface area contributed by atoms with Gasteiger partial charge in [-0.15, -0.1) is 0 Å². The molecule has 0 aromatic rings. The van der Waals surface area contributed by atoms with Gasteiger partial charge in [-0.2, -0.15) is 13.2 Å². The van der Waals surface area contributed by atoms with Gasteiger partial charge >= 0.3 is 6.18 Å². The summed E-state index contributed by atoms with van der Waals surface area (Å²) in [5, 5.41) is 3.34. The van der Waals surface area contributed by atoms with E-state index in [9.17, 15) is 13.2 Å². The number of halogens is 3. The molecular formula is C14H26F3N. The molecule has 1 saturated carbocycles. The van der Waals surface area contributed by atoms with Crippen molar-refractivity contribution >= 4 is 0 Å². The number of nitrogens with one attached hydrogen (secondary N) is 1. The maximum absolute atomic E-state index is 12.4. The third-order valence-electron chi connectivity index (χ3n) is 3.86. The van der Waals surface area contributed by atoms with Gasteiger partial charge in [0, 0.05) is 12.5 Å². The van der Waals surface area contributed by atoms with Crippen LogP contribution in [0.1, 0.15) is 64.7 Å². The summed E-state index contributed by atoms with van der Waals surface area (Å²) in [5.74, 6) is 0.446. The molecule has 1 atom stereocenters. The summed E-state index contributed by atoms with van der Waals surface area (Å²) in [4.78, 5) is 0. The third kappa shape index (κ3) is 6.62. The molecule has 0 bridgehead atoms. The highest BCUT2D eigenvalue weighted by Crippen LogP contribution is 2.30. The van der Waals surface area contributed by atoms with E-state index in [0.29, 0.717) is 5.92 Å². The Morgan fingerprint density at radius 2 is 1.72 bits per heavy atom. The Hall–Kier alpha value is -0.250. The van der Waals surface area contributed by atoms with E-state index in [1.165, 1.54) is 25.7 Å². The average molecular weight is 265 g/mol. The molecule has 1 aliphatic rings. The second-order valence-electron chi connectivity index (χ2n) is 5.47. The van der Waals surface area contributed by atoms with Crippen molar-refractivity contribution < 1.29 is 13.2 Å². The first kappa shape index (κ1) is 15.8. The molecule has 0 aliphatic heterocycles. The van der Waals surface area contributed by atoms with Crippen molar-refractivity contribution in [3.05, 3.63) is 0 Å². The predicted molar refractivity (Wildman–Crippen MR) is 68.6 cm³/mol. The van der Waals surface area contributed by atoms with Gasteiger partial charge in [-0.1, -0.05) is 32.6 Å². The molecule has 0 amide bonds. The molecule has 1 fully saturated rings. The van der Waals surface area contributed by atoms with Crippen molar-refractivity contribution in [2.75, 3.05) is 6.54 Å². The van der Waals surface area contributed by atoms with Crippen LogP contribution >= 0.6 is 0 Å². The Bertz CT molecular complexity index is 208. The quantitative estimate of drug-likeness (QED) is 0.688. The van der Waals surface area contributed by atoms with E-state index in [1.54, 1.807) is 0 Å². The lowest BCUT2D eigenvalue weighted by Crippen LogP contribution is -2.37. The molecule has 1 nitrogen and oxygen atoms in total. The molecule has 108 valence electrons. The highest BCUT2D eigenvalue weighted by molar-refractivity contribution is 4.79. The highest BCUT2D eigenvalue weighted by atomic mass is 19.4. The Morgan fingerprint density at radius 3 is 2.22 bits per heavy atom. The summed E-state index contributed by atoms with van der Waals surface area (Å²) in [6.45, 7) is 2.89. The molecule has 0 aromatic heterocycles. The summed E-state index contributed by atoms with van der Waals surface area (Å²) in [5.41, 5.74) is 0. The molecule has 1 unspecified atom stereocenters. The Labute approximate surface area is 109 Å².